The van der Waals surface area contributed by atoms with Crippen LogP contribution in [0.15, 0.2) is 29.3 Å². The van der Waals surface area contributed by atoms with Crippen LogP contribution in [0.5, 0.6) is 0 Å². The smallest absolute Gasteiger partial charge is 0.248 e. The molecule has 0 aromatic heterocycles. The van der Waals surface area contributed by atoms with Gasteiger partial charge in [0.1, 0.15) is 0 Å². The van der Waals surface area contributed by atoms with Crippen molar-refractivity contribution in [2.24, 2.45) is 10.7 Å². The minimum Gasteiger partial charge on any atom is -0.366 e. The second kappa shape index (κ2) is 7.93. The van der Waals surface area contributed by atoms with Gasteiger partial charge in [-0.05, 0) is 37.8 Å². The molecule has 0 unspecified atom stereocenters. The van der Waals surface area contributed by atoms with Crippen molar-refractivity contribution in [1.29, 1.82) is 0 Å². The number of hydrogen-bond donors (Lipinski definition) is 3. The fourth-order valence-electron chi connectivity index (χ4n) is 1.61. The number of primary amides is 1. The lowest BCUT2D eigenvalue weighted by Crippen LogP contribution is -2.43. The van der Waals surface area contributed by atoms with E-state index in [0.717, 1.165) is 18.1 Å². The lowest BCUT2D eigenvalue weighted by Gasteiger charge is -2.23. The highest BCUT2D eigenvalue weighted by molar-refractivity contribution is 7.99. The first-order chi connectivity index (χ1) is 9.88. The monoisotopic (exact) mass is 308 g/mol. The molecule has 1 rings (SSSR count). The summed E-state index contributed by atoms with van der Waals surface area (Å²) < 4.78 is 0.142. The van der Waals surface area contributed by atoms with Crippen molar-refractivity contribution < 1.29 is 4.79 Å². The number of benzene rings is 1. The van der Waals surface area contributed by atoms with E-state index < -0.39 is 5.91 Å². The maximum atomic E-state index is 11.2. The Bertz CT molecular complexity index is 514. The van der Waals surface area contributed by atoms with E-state index in [1.165, 1.54) is 0 Å². The molecule has 4 N–H and O–H groups in total. The zero-order valence-electron chi connectivity index (χ0n) is 13.1. The number of carbonyl (C=O) groups excluding carboxylic acids is 1. The van der Waals surface area contributed by atoms with Crippen LogP contribution in [0, 0.1) is 0 Å². The summed E-state index contributed by atoms with van der Waals surface area (Å²) >= 11 is 1.80. The normalized spacial score (nSPS) is 12.1. The zero-order chi connectivity index (χ0) is 15.9. The molecular formula is C15H24N4OS. The van der Waals surface area contributed by atoms with Crippen LogP contribution in [0.25, 0.3) is 0 Å². The fraction of sp³-hybridized carbons (Fsp3) is 0.467. The number of hydrogen-bond acceptors (Lipinski definition) is 3. The Labute approximate surface area is 130 Å². The molecule has 0 radical (unpaired) electrons. The lowest BCUT2D eigenvalue weighted by molar-refractivity contribution is 0.1000. The number of guanidine groups is 1. The van der Waals surface area contributed by atoms with Crippen molar-refractivity contribution in [3.63, 3.8) is 0 Å². The molecule has 0 bridgehead atoms. The molecule has 0 fully saturated rings. The molecule has 6 heteroatoms. The molecule has 116 valence electrons. The van der Waals surface area contributed by atoms with E-state index >= 15 is 0 Å². The van der Waals surface area contributed by atoms with Crippen LogP contribution < -0.4 is 16.4 Å². The highest BCUT2D eigenvalue weighted by Crippen LogP contribution is 2.19. The number of aliphatic imine (C=N–C) groups is 1. The van der Waals surface area contributed by atoms with Gasteiger partial charge in [0, 0.05) is 30.4 Å². The van der Waals surface area contributed by atoms with Gasteiger partial charge in [0.15, 0.2) is 5.96 Å². The third-order valence-electron chi connectivity index (χ3n) is 3.13. The third-order valence-corrected chi connectivity index (χ3v) is 4.38. The second-order valence-electron chi connectivity index (χ2n) is 5.31. The molecule has 1 aromatic rings. The van der Waals surface area contributed by atoms with Gasteiger partial charge in [0.05, 0.1) is 0 Å². The standard InChI is InChI=1S/C15H24N4OS/c1-15(2,21-4)10-19-14(17-3)18-9-11-6-5-7-12(8-11)13(16)20/h5-8H,9-10H2,1-4H3,(H2,16,20)(H2,17,18,19). The maximum Gasteiger partial charge on any atom is 0.248 e. The summed E-state index contributed by atoms with van der Waals surface area (Å²) in [6.07, 6.45) is 2.09. The Morgan fingerprint density at radius 3 is 2.67 bits per heavy atom. The van der Waals surface area contributed by atoms with E-state index in [1.54, 1.807) is 30.9 Å². The van der Waals surface area contributed by atoms with Gasteiger partial charge in [-0.1, -0.05) is 12.1 Å². The Kier molecular flexibility index (Phi) is 6.55. The molecule has 0 atom stereocenters. The van der Waals surface area contributed by atoms with Crippen LogP contribution in [-0.2, 0) is 6.54 Å². The molecule has 1 aromatic carbocycles. The molecule has 0 aliphatic heterocycles. The molecule has 0 aliphatic rings. The predicted octanol–water partition coefficient (Wildman–Crippen LogP) is 1.59. The summed E-state index contributed by atoms with van der Waals surface area (Å²) in [7, 11) is 1.74. The molecular weight excluding hydrogens is 284 g/mol. The van der Waals surface area contributed by atoms with Crippen LogP contribution in [-0.4, -0.2) is 36.5 Å². The summed E-state index contributed by atoms with van der Waals surface area (Å²) in [6.45, 7) is 5.75. The number of nitrogens with two attached hydrogens (primary N) is 1. The summed E-state index contributed by atoms with van der Waals surface area (Å²) in [5, 5.41) is 6.52. The van der Waals surface area contributed by atoms with Crippen LogP contribution in [0.3, 0.4) is 0 Å². The van der Waals surface area contributed by atoms with E-state index in [2.05, 4.69) is 35.7 Å². The molecule has 0 spiro atoms. The maximum absolute atomic E-state index is 11.2. The van der Waals surface area contributed by atoms with Crippen molar-refractivity contribution >= 4 is 23.6 Å². The number of nitrogens with one attached hydrogen (secondary N) is 2. The van der Waals surface area contributed by atoms with Crippen LogP contribution in [0.4, 0.5) is 0 Å². The molecule has 1 amide bonds. The zero-order valence-corrected chi connectivity index (χ0v) is 13.9. The molecule has 21 heavy (non-hydrogen) atoms. The van der Waals surface area contributed by atoms with Gasteiger partial charge in [0.2, 0.25) is 5.91 Å². The number of carbonyl (C=O) groups is 1. The van der Waals surface area contributed by atoms with Crippen molar-refractivity contribution in [1.82, 2.24) is 10.6 Å². The Morgan fingerprint density at radius 2 is 2.10 bits per heavy atom. The van der Waals surface area contributed by atoms with Crippen molar-refractivity contribution in [2.45, 2.75) is 25.1 Å². The molecule has 5 nitrogen and oxygen atoms in total. The van der Waals surface area contributed by atoms with Gasteiger partial charge < -0.3 is 16.4 Å². The van der Waals surface area contributed by atoms with Gasteiger partial charge in [-0.3, -0.25) is 9.79 Å². The van der Waals surface area contributed by atoms with Gasteiger partial charge in [0.25, 0.3) is 0 Å². The SMILES string of the molecule is CN=C(NCc1cccc(C(N)=O)c1)NCC(C)(C)SC. The summed E-state index contributed by atoms with van der Waals surface area (Å²) in [5.74, 6) is 0.322. The van der Waals surface area contributed by atoms with Crippen LogP contribution >= 0.6 is 11.8 Å². The highest BCUT2D eigenvalue weighted by atomic mass is 32.2. The third kappa shape index (κ3) is 6.08. The quantitative estimate of drug-likeness (QED) is 0.551. The first kappa shape index (κ1) is 17.4. The van der Waals surface area contributed by atoms with Gasteiger partial charge in [-0.25, -0.2) is 0 Å². The summed E-state index contributed by atoms with van der Waals surface area (Å²) in [5.41, 5.74) is 6.78. The van der Waals surface area contributed by atoms with Crippen molar-refractivity contribution in [2.75, 3.05) is 19.8 Å². The lowest BCUT2D eigenvalue weighted by atomic mass is 10.1. The van der Waals surface area contributed by atoms with Gasteiger partial charge in [-0.15, -0.1) is 0 Å². The second-order valence-corrected chi connectivity index (χ2v) is 6.82. The highest BCUT2D eigenvalue weighted by Gasteiger charge is 2.16. The Hall–Kier alpha value is -1.69. The molecule has 0 aliphatic carbocycles. The number of rotatable bonds is 6. The molecule has 0 saturated heterocycles. The predicted molar refractivity (Wildman–Crippen MR) is 90.8 cm³/mol. The minimum absolute atomic E-state index is 0.142. The Balaban J connectivity index is 2.56. The topological polar surface area (TPSA) is 79.5 Å². The number of amides is 1. The Morgan fingerprint density at radius 1 is 1.38 bits per heavy atom. The van der Waals surface area contributed by atoms with Crippen molar-refractivity contribution in [3.05, 3.63) is 35.4 Å². The first-order valence-electron chi connectivity index (χ1n) is 6.76. The van der Waals surface area contributed by atoms with Crippen LogP contribution in [0.2, 0.25) is 0 Å². The van der Waals surface area contributed by atoms with E-state index in [0.29, 0.717) is 12.1 Å². The van der Waals surface area contributed by atoms with Gasteiger partial charge in [-0.2, -0.15) is 11.8 Å². The first-order valence-corrected chi connectivity index (χ1v) is 7.99. The van der Waals surface area contributed by atoms with E-state index in [9.17, 15) is 4.79 Å². The average molecular weight is 308 g/mol. The minimum atomic E-state index is -0.416. The van der Waals surface area contributed by atoms with E-state index in [-0.39, 0.29) is 4.75 Å². The molecule has 0 heterocycles. The summed E-state index contributed by atoms with van der Waals surface area (Å²) in [6, 6.07) is 7.26. The number of thioether (sulfide) groups is 1. The van der Waals surface area contributed by atoms with E-state index in [4.69, 9.17) is 5.73 Å². The number of nitrogens with zero attached hydrogens (tertiary/aromatic N) is 1. The molecule has 0 saturated carbocycles. The van der Waals surface area contributed by atoms with Crippen LogP contribution in [0.1, 0.15) is 29.8 Å². The fourth-order valence-corrected chi connectivity index (χ4v) is 1.83. The largest absolute Gasteiger partial charge is 0.366 e. The van der Waals surface area contributed by atoms with Gasteiger partial charge >= 0.3 is 0 Å². The summed E-state index contributed by atoms with van der Waals surface area (Å²) in [4.78, 5) is 15.3. The average Bonchev–Trinajstić information content (AvgIpc) is 2.47. The van der Waals surface area contributed by atoms with E-state index in [1.807, 2.05) is 12.1 Å². The van der Waals surface area contributed by atoms with Crippen molar-refractivity contribution in [3.8, 4) is 0 Å².